The van der Waals surface area contributed by atoms with E-state index in [1.165, 1.54) is 11.8 Å². The van der Waals surface area contributed by atoms with Gasteiger partial charge in [0.05, 0.1) is 6.61 Å². The lowest BCUT2D eigenvalue weighted by atomic mass is 10.0. The molecule has 1 aromatic heterocycles. The van der Waals surface area contributed by atoms with E-state index >= 15 is 0 Å². The van der Waals surface area contributed by atoms with E-state index < -0.39 is 5.97 Å². The van der Waals surface area contributed by atoms with Crippen LogP contribution in [0.15, 0.2) is 11.4 Å². The van der Waals surface area contributed by atoms with Gasteiger partial charge in [0.2, 0.25) is 5.91 Å². The fourth-order valence-corrected chi connectivity index (χ4v) is 3.84. The number of ether oxygens (including phenoxy) is 1. The highest BCUT2D eigenvalue weighted by molar-refractivity contribution is 7.98. The normalized spacial score (nSPS) is 20.9. The molecule has 2 fully saturated rings. The van der Waals surface area contributed by atoms with Gasteiger partial charge in [-0.05, 0) is 32.4 Å². The van der Waals surface area contributed by atoms with Gasteiger partial charge >= 0.3 is 5.97 Å². The largest absolute Gasteiger partial charge is 0.462 e. The molecule has 8 heteroatoms. The summed E-state index contributed by atoms with van der Waals surface area (Å²) >= 11 is 1.44. The lowest BCUT2D eigenvalue weighted by Crippen LogP contribution is -2.49. The van der Waals surface area contributed by atoms with Gasteiger partial charge in [-0.1, -0.05) is 11.8 Å². The minimum absolute atomic E-state index is 0.187. The Labute approximate surface area is 152 Å². The first-order valence-corrected chi connectivity index (χ1v) is 9.99. The first-order chi connectivity index (χ1) is 12.1. The van der Waals surface area contributed by atoms with Gasteiger partial charge in [-0.15, -0.1) is 0 Å². The number of anilines is 1. The van der Waals surface area contributed by atoms with Crippen LogP contribution in [-0.4, -0.2) is 65.3 Å². The number of piperidine rings is 1. The third-order valence-corrected chi connectivity index (χ3v) is 5.23. The van der Waals surface area contributed by atoms with Crippen LogP contribution in [0.5, 0.6) is 0 Å². The summed E-state index contributed by atoms with van der Waals surface area (Å²) in [6, 6.07) is 0.187. The first-order valence-electron chi connectivity index (χ1n) is 8.76. The molecule has 3 heterocycles. The Kier molecular flexibility index (Phi) is 5.78. The molecule has 1 atom stereocenters. The van der Waals surface area contributed by atoms with Crippen molar-refractivity contribution in [3.05, 3.63) is 11.8 Å². The number of hydrogen-bond donors (Lipinski definition) is 0. The number of carbonyl (C=O) groups excluding carboxylic acids is 2. The summed E-state index contributed by atoms with van der Waals surface area (Å²) in [7, 11) is 0. The Morgan fingerprint density at radius 3 is 2.92 bits per heavy atom. The van der Waals surface area contributed by atoms with E-state index in [9.17, 15) is 9.59 Å². The number of hydrogen-bond acceptors (Lipinski definition) is 7. The first kappa shape index (κ1) is 18.0. The molecule has 0 saturated carbocycles. The lowest BCUT2D eigenvalue weighted by molar-refractivity contribution is -0.129. The predicted octanol–water partition coefficient (Wildman–Crippen LogP) is 1.97. The second kappa shape index (κ2) is 8.03. The maximum Gasteiger partial charge on any atom is 0.343 e. The Morgan fingerprint density at radius 1 is 1.40 bits per heavy atom. The van der Waals surface area contributed by atoms with Crippen LogP contribution in [0, 0.1) is 0 Å². The molecule has 2 aliphatic heterocycles. The molecule has 25 heavy (non-hydrogen) atoms. The molecule has 0 bridgehead atoms. The van der Waals surface area contributed by atoms with Crippen molar-refractivity contribution in [3.63, 3.8) is 0 Å². The van der Waals surface area contributed by atoms with Gasteiger partial charge in [-0.2, -0.15) is 0 Å². The van der Waals surface area contributed by atoms with E-state index in [2.05, 4.69) is 14.9 Å². The summed E-state index contributed by atoms with van der Waals surface area (Å²) in [6.45, 7) is 4.44. The van der Waals surface area contributed by atoms with E-state index in [1.807, 2.05) is 11.2 Å². The van der Waals surface area contributed by atoms with Gasteiger partial charge in [0.15, 0.2) is 5.16 Å². The highest BCUT2D eigenvalue weighted by Gasteiger charge is 2.33. The molecule has 0 N–H and O–H groups in total. The summed E-state index contributed by atoms with van der Waals surface area (Å²) < 4.78 is 5.16. The van der Waals surface area contributed by atoms with Crippen LogP contribution in [0.1, 0.15) is 43.0 Å². The van der Waals surface area contributed by atoms with Crippen molar-refractivity contribution in [2.45, 2.75) is 43.8 Å². The lowest BCUT2D eigenvalue weighted by Gasteiger charge is -2.38. The summed E-state index contributed by atoms with van der Waals surface area (Å²) in [5.74, 6) is 0.462. The van der Waals surface area contributed by atoms with Gasteiger partial charge in [-0.25, -0.2) is 14.8 Å². The zero-order chi connectivity index (χ0) is 17.8. The monoisotopic (exact) mass is 364 g/mol. The van der Waals surface area contributed by atoms with E-state index in [-0.39, 0.29) is 11.9 Å². The SMILES string of the molecule is CCOC(=O)c1cnc(SC)nc1N1CCC[C@@H](N2CCCC2=O)C1. The summed E-state index contributed by atoms with van der Waals surface area (Å²) in [5, 5.41) is 0.627. The third kappa shape index (κ3) is 3.89. The molecule has 1 amide bonds. The standard InChI is InChI=1S/C17H24N4O3S/c1-3-24-16(23)13-10-18-17(25-2)19-15(13)20-8-4-6-12(11-20)21-9-5-7-14(21)22/h10,12H,3-9,11H2,1-2H3/t12-/m1/s1. The number of likely N-dealkylation sites (tertiary alicyclic amines) is 1. The molecular formula is C17H24N4O3S. The molecule has 2 aliphatic rings. The number of amides is 1. The number of aromatic nitrogens is 2. The molecule has 3 rings (SSSR count). The summed E-state index contributed by atoms with van der Waals surface area (Å²) in [5.41, 5.74) is 0.396. The molecule has 0 radical (unpaired) electrons. The van der Waals surface area contributed by atoms with Crippen LogP contribution in [0.3, 0.4) is 0 Å². The fraction of sp³-hybridized carbons (Fsp3) is 0.647. The molecule has 7 nitrogen and oxygen atoms in total. The Morgan fingerprint density at radius 2 is 2.24 bits per heavy atom. The zero-order valence-corrected chi connectivity index (χ0v) is 15.5. The third-order valence-electron chi connectivity index (χ3n) is 4.67. The number of esters is 1. The maximum atomic E-state index is 12.3. The number of nitrogens with zero attached hydrogens (tertiary/aromatic N) is 4. The Hall–Kier alpha value is -1.83. The van der Waals surface area contributed by atoms with Crippen molar-refractivity contribution >= 4 is 29.5 Å². The maximum absolute atomic E-state index is 12.3. The predicted molar refractivity (Wildman–Crippen MR) is 96.0 cm³/mol. The van der Waals surface area contributed by atoms with Crippen molar-refractivity contribution in [1.82, 2.24) is 14.9 Å². The molecule has 0 aliphatic carbocycles. The highest BCUT2D eigenvalue weighted by atomic mass is 32.2. The number of carbonyl (C=O) groups is 2. The van der Waals surface area contributed by atoms with Gasteiger partial charge in [0, 0.05) is 38.3 Å². The molecule has 2 saturated heterocycles. The van der Waals surface area contributed by atoms with E-state index in [0.717, 1.165) is 32.4 Å². The summed E-state index contributed by atoms with van der Waals surface area (Å²) in [6.07, 6.45) is 7.01. The fourth-order valence-electron chi connectivity index (χ4n) is 3.51. The van der Waals surface area contributed by atoms with Crippen molar-refractivity contribution in [1.29, 1.82) is 0 Å². The van der Waals surface area contributed by atoms with Crippen LogP contribution >= 0.6 is 11.8 Å². The minimum atomic E-state index is -0.399. The minimum Gasteiger partial charge on any atom is -0.462 e. The van der Waals surface area contributed by atoms with Crippen LogP contribution < -0.4 is 4.90 Å². The summed E-state index contributed by atoms with van der Waals surface area (Å²) in [4.78, 5) is 37.3. The Bertz CT molecular complexity index is 655. The quantitative estimate of drug-likeness (QED) is 0.449. The zero-order valence-electron chi connectivity index (χ0n) is 14.7. The topological polar surface area (TPSA) is 75.6 Å². The molecule has 0 unspecified atom stereocenters. The second-order valence-corrected chi connectivity index (χ2v) is 7.02. The molecule has 0 aromatic carbocycles. The Balaban J connectivity index is 1.85. The van der Waals surface area contributed by atoms with E-state index in [0.29, 0.717) is 36.1 Å². The van der Waals surface area contributed by atoms with E-state index in [4.69, 9.17) is 4.74 Å². The highest BCUT2D eigenvalue weighted by Crippen LogP contribution is 2.28. The van der Waals surface area contributed by atoms with Crippen LogP contribution in [0.4, 0.5) is 5.82 Å². The molecule has 1 aromatic rings. The van der Waals surface area contributed by atoms with Gasteiger partial charge in [0.1, 0.15) is 11.4 Å². The number of thioether (sulfide) groups is 1. The van der Waals surface area contributed by atoms with Crippen molar-refractivity contribution in [2.24, 2.45) is 0 Å². The van der Waals surface area contributed by atoms with E-state index in [1.54, 1.807) is 13.1 Å². The van der Waals surface area contributed by atoms with Crippen LogP contribution in [-0.2, 0) is 9.53 Å². The number of rotatable bonds is 5. The van der Waals surface area contributed by atoms with Gasteiger partial charge < -0.3 is 14.5 Å². The second-order valence-electron chi connectivity index (χ2n) is 6.25. The smallest absolute Gasteiger partial charge is 0.343 e. The molecule has 136 valence electrons. The average molecular weight is 364 g/mol. The van der Waals surface area contributed by atoms with Gasteiger partial charge in [0.25, 0.3) is 0 Å². The van der Waals surface area contributed by atoms with Crippen LogP contribution in [0.25, 0.3) is 0 Å². The van der Waals surface area contributed by atoms with Gasteiger partial charge in [-0.3, -0.25) is 4.79 Å². The van der Waals surface area contributed by atoms with Crippen molar-refractivity contribution < 1.29 is 14.3 Å². The van der Waals surface area contributed by atoms with Crippen molar-refractivity contribution in [3.8, 4) is 0 Å². The average Bonchev–Trinajstić information content (AvgIpc) is 3.07. The van der Waals surface area contributed by atoms with Crippen molar-refractivity contribution in [2.75, 3.05) is 37.4 Å². The van der Waals surface area contributed by atoms with Crippen LogP contribution in [0.2, 0.25) is 0 Å². The molecule has 0 spiro atoms. The molecular weight excluding hydrogens is 340 g/mol.